The number of ketones is 2. The molecule has 1 heterocycles. The summed E-state index contributed by atoms with van der Waals surface area (Å²) in [6, 6.07) is 14.3. The number of aromatic nitrogens is 1. The Morgan fingerprint density at radius 3 is 2.03 bits per heavy atom. The third kappa shape index (κ3) is 4.04. The van der Waals surface area contributed by atoms with Crippen molar-refractivity contribution in [2.24, 2.45) is 0 Å². The molecule has 0 saturated heterocycles. The van der Waals surface area contributed by atoms with Gasteiger partial charge in [0, 0.05) is 33.0 Å². The van der Waals surface area contributed by atoms with Crippen LogP contribution in [0.4, 0.5) is 5.69 Å². The molecule has 0 unspecified atom stereocenters. The summed E-state index contributed by atoms with van der Waals surface area (Å²) >= 11 is 6.07. The molecule has 1 N–H and O–H groups in total. The standard InChI is InChI=1S/C24H19ClN2O2.HI/c1-14-10-15(2)13-27(12-14)22-21(26-20-9-8-17(25)11-16(20)3)23(28)18-6-4-5-7-19(18)24(22)29;/h4-13H,1-3H3;1H. The number of Topliss-reactive ketones (excluding diaryl/α,β-unsaturated/α-hetero) is 2. The normalized spacial score (nSPS) is 13.1. The number of fused-ring (bicyclic) bond motifs is 1. The summed E-state index contributed by atoms with van der Waals surface area (Å²) < 4.78 is 1.74. The number of carbonyl (C=O) groups is 2. The Balaban J connectivity index is 0.00000256. The molecule has 6 heteroatoms. The fourth-order valence-electron chi connectivity index (χ4n) is 3.67. The van der Waals surface area contributed by atoms with Crippen LogP contribution in [0.25, 0.3) is 5.70 Å². The van der Waals surface area contributed by atoms with E-state index in [4.69, 9.17) is 11.6 Å². The lowest BCUT2D eigenvalue weighted by molar-refractivity contribution is -0.578. The zero-order valence-electron chi connectivity index (χ0n) is 16.8. The minimum absolute atomic E-state index is 0. The second-order valence-electron chi connectivity index (χ2n) is 7.31. The first-order valence-corrected chi connectivity index (χ1v) is 9.69. The molecule has 152 valence electrons. The van der Waals surface area contributed by atoms with Gasteiger partial charge in [0.1, 0.15) is 0 Å². The smallest absolute Gasteiger partial charge is 0.286 e. The number of nitrogens with zero attached hydrogens (tertiary/aromatic N) is 1. The first-order chi connectivity index (χ1) is 13.8. The molecule has 0 aliphatic heterocycles. The molecule has 2 aromatic carbocycles. The molecular formula is C24H20ClIN2O2. The molecule has 0 fully saturated rings. The highest BCUT2D eigenvalue weighted by Gasteiger charge is 2.38. The summed E-state index contributed by atoms with van der Waals surface area (Å²) in [4.78, 5) is 26.8. The van der Waals surface area contributed by atoms with E-state index >= 15 is 0 Å². The molecule has 1 aliphatic rings. The first kappa shape index (κ1) is 22.2. The summed E-state index contributed by atoms with van der Waals surface area (Å²) in [5.41, 5.74) is 5.00. The fourth-order valence-corrected chi connectivity index (χ4v) is 3.89. The third-order valence-electron chi connectivity index (χ3n) is 4.94. The Kier molecular flexibility index (Phi) is 6.43. The van der Waals surface area contributed by atoms with E-state index in [1.54, 1.807) is 34.9 Å². The maximum atomic E-state index is 13.4. The number of nitrogens with one attached hydrogen (secondary N) is 1. The zero-order valence-corrected chi connectivity index (χ0v) is 19.7. The van der Waals surface area contributed by atoms with Crippen molar-refractivity contribution in [1.29, 1.82) is 0 Å². The highest BCUT2D eigenvalue weighted by molar-refractivity contribution is 6.36. The molecule has 0 saturated carbocycles. The highest BCUT2D eigenvalue weighted by atomic mass is 127. The van der Waals surface area contributed by atoms with Crippen molar-refractivity contribution in [3.05, 3.63) is 99.5 Å². The van der Waals surface area contributed by atoms with Crippen LogP contribution < -0.4 is 33.9 Å². The Morgan fingerprint density at radius 2 is 1.43 bits per heavy atom. The van der Waals surface area contributed by atoms with E-state index < -0.39 is 0 Å². The van der Waals surface area contributed by atoms with Gasteiger partial charge in [0.15, 0.2) is 18.1 Å². The predicted molar refractivity (Wildman–Crippen MR) is 114 cm³/mol. The molecule has 4 nitrogen and oxygen atoms in total. The first-order valence-electron chi connectivity index (χ1n) is 9.31. The molecular weight excluding hydrogens is 511 g/mol. The van der Waals surface area contributed by atoms with Crippen molar-refractivity contribution in [2.45, 2.75) is 20.8 Å². The van der Waals surface area contributed by atoms with Gasteiger partial charge in [-0.1, -0.05) is 35.9 Å². The van der Waals surface area contributed by atoms with Crippen LogP contribution in [0.2, 0.25) is 5.02 Å². The van der Waals surface area contributed by atoms with E-state index in [-0.39, 0.29) is 41.2 Å². The van der Waals surface area contributed by atoms with Crippen molar-refractivity contribution in [3.63, 3.8) is 0 Å². The van der Waals surface area contributed by atoms with Gasteiger partial charge in [0.2, 0.25) is 5.78 Å². The lowest BCUT2D eigenvalue weighted by Crippen LogP contribution is -3.00. The number of hydrogen-bond donors (Lipinski definition) is 1. The second-order valence-corrected chi connectivity index (χ2v) is 7.75. The number of rotatable bonds is 3. The van der Waals surface area contributed by atoms with Gasteiger partial charge in [0.05, 0.1) is 0 Å². The van der Waals surface area contributed by atoms with Gasteiger partial charge in [-0.25, -0.2) is 0 Å². The van der Waals surface area contributed by atoms with Gasteiger partial charge in [-0.2, -0.15) is 4.57 Å². The average Bonchev–Trinajstić information content (AvgIpc) is 2.67. The van der Waals surface area contributed by atoms with Gasteiger partial charge < -0.3 is 29.3 Å². The molecule has 4 rings (SSSR count). The molecule has 0 bridgehead atoms. The van der Waals surface area contributed by atoms with Crippen LogP contribution in [0.15, 0.2) is 66.6 Å². The van der Waals surface area contributed by atoms with Gasteiger partial charge in [0.25, 0.3) is 11.5 Å². The van der Waals surface area contributed by atoms with Crippen molar-refractivity contribution < 1.29 is 38.1 Å². The number of halogens is 2. The lowest BCUT2D eigenvalue weighted by Gasteiger charge is -2.19. The molecule has 0 spiro atoms. The molecule has 1 aromatic heterocycles. The number of hydrogen-bond acceptors (Lipinski definition) is 3. The van der Waals surface area contributed by atoms with E-state index in [1.165, 1.54) is 0 Å². The van der Waals surface area contributed by atoms with Crippen molar-refractivity contribution >= 4 is 34.6 Å². The van der Waals surface area contributed by atoms with Gasteiger partial charge in [-0.15, -0.1) is 0 Å². The van der Waals surface area contributed by atoms with Gasteiger partial charge in [-0.05, 0) is 50.6 Å². The van der Waals surface area contributed by atoms with Crippen molar-refractivity contribution in [2.75, 3.05) is 5.32 Å². The van der Waals surface area contributed by atoms with Crippen LogP contribution >= 0.6 is 11.6 Å². The Labute approximate surface area is 197 Å². The summed E-state index contributed by atoms with van der Waals surface area (Å²) in [6.07, 6.45) is 3.72. The molecule has 30 heavy (non-hydrogen) atoms. The Hall–Kier alpha value is -2.51. The minimum atomic E-state index is -0.212. The summed E-state index contributed by atoms with van der Waals surface area (Å²) in [7, 11) is 0. The molecule has 0 radical (unpaired) electrons. The third-order valence-corrected chi connectivity index (χ3v) is 5.18. The van der Waals surface area contributed by atoms with E-state index in [9.17, 15) is 9.59 Å². The average molecular weight is 531 g/mol. The number of pyridine rings is 1. The maximum Gasteiger partial charge on any atom is 0.286 e. The van der Waals surface area contributed by atoms with Crippen LogP contribution in [0, 0.1) is 20.8 Å². The summed E-state index contributed by atoms with van der Waals surface area (Å²) in [5, 5.41) is 3.83. The zero-order chi connectivity index (χ0) is 20.7. The molecule has 0 amide bonds. The van der Waals surface area contributed by atoms with E-state index in [1.807, 2.05) is 51.4 Å². The van der Waals surface area contributed by atoms with Crippen LogP contribution in [0.3, 0.4) is 0 Å². The second kappa shape index (κ2) is 8.70. The van der Waals surface area contributed by atoms with Gasteiger partial charge >= 0.3 is 0 Å². The molecule has 3 aromatic rings. The largest absolute Gasteiger partial charge is 1.00 e. The SMILES string of the molecule is Cc1cc(C)c[n+](C2=C(Nc3ccc(Cl)cc3C)C(=O)c3ccccc3C2=O)c1.[I-]. The summed E-state index contributed by atoms with van der Waals surface area (Å²) in [6.45, 7) is 5.83. The monoisotopic (exact) mass is 530 g/mol. The predicted octanol–water partition coefficient (Wildman–Crippen LogP) is 1.92. The van der Waals surface area contributed by atoms with Gasteiger partial charge in [-0.3, -0.25) is 9.59 Å². The Bertz CT molecular complexity index is 1200. The van der Waals surface area contributed by atoms with Crippen LogP contribution in [0.1, 0.15) is 37.4 Å². The fraction of sp³-hybridized carbons (Fsp3) is 0.125. The maximum absolute atomic E-state index is 13.4. The van der Waals surface area contributed by atoms with E-state index in [0.29, 0.717) is 21.8 Å². The van der Waals surface area contributed by atoms with E-state index in [0.717, 1.165) is 22.4 Å². The quantitative estimate of drug-likeness (QED) is 0.416. The van der Waals surface area contributed by atoms with Crippen LogP contribution in [0.5, 0.6) is 0 Å². The number of aryl methyl sites for hydroxylation is 3. The molecule has 0 atom stereocenters. The topological polar surface area (TPSA) is 50.1 Å². The summed E-state index contributed by atoms with van der Waals surface area (Å²) in [5.74, 6) is -0.402. The number of anilines is 1. The number of benzene rings is 2. The number of allylic oxidation sites excluding steroid dienone is 2. The van der Waals surface area contributed by atoms with Crippen LogP contribution in [-0.4, -0.2) is 11.6 Å². The number of carbonyl (C=O) groups excluding carboxylic acids is 2. The molecule has 1 aliphatic carbocycles. The van der Waals surface area contributed by atoms with Crippen molar-refractivity contribution in [1.82, 2.24) is 0 Å². The Morgan fingerprint density at radius 1 is 0.833 bits per heavy atom. The highest BCUT2D eigenvalue weighted by Crippen LogP contribution is 2.29. The van der Waals surface area contributed by atoms with Crippen LogP contribution in [-0.2, 0) is 0 Å². The van der Waals surface area contributed by atoms with Crippen molar-refractivity contribution in [3.8, 4) is 0 Å². The van der Waals surface area contributed by atoms with E-state index in [2.05, 4.69) is 5.32 Å². The minimum Gasteiger partial charge on any atom is -1.00 e. The lowest BCUT2D eigenvalue weighted by atomic mass is 9.89.